The van der Waals surface area contributed by atoms with Gasteiger partial charge in [-0.25, -0.2) is 5.01 Å². The van der Waals surface area contributed by atoms with E-state index in [4.69, 9.17) is 14.6 Å². The number of aryl methyl sites for hydroxylation is 1. The molecule has 4 nitrogen and oxygen atoms in total. The fourth-order valence-corrected chi connectivity index (χ4v) is 4.07. The van der Waals surface area contributed by atoms with Crippen LogP contribution in [0.1, 0.15) is 47.9 Å². The van der Waals surface area contributed by atoms with Crippen molar-refractivity contribution in [1.29, 1.82) is 0 Å². The molecule has 0 N–H and O–H groups in total. The van der Waals surface area contributed by atoms with E-state index in [1.165, 1.54) is 16.7 Å². The molecular weight excluding hydrogens is 360 g/mol. The van der Waals surface area contributed by atoms with Gasteiger partial charge in [0.15, 0.2) is 0 Å². The van der Waals surface area contributed by atoms with Gasteiger partial charge in [0.25, 0.3) is 0 Å². The maximum atomic E-state index is 6.41. The first-order valence-corrected chi connectivity index (χ1v) is 10.1. The summed E-state index contributed by atoms with van der Waals surface area (Å²) >= 11 is 0. The Morgan fingerprint density at radius 1 is 1.00 bits per heavy atom. The van der Waals surface area contributed by atoms with Gasteiger partial charge in [-0.15, -0.1) is 0 Å². The molecule has 0 amide bonds. The molecule has 0 saturated heterocycles. The molecule has 0 aromatic heterocycles. The lowest BCUT2D eigenvalue weighted by Crippen LogP contribution is -2.33. The van der Waals surface area contributed by atoms with Crippen LogP contribution in [0.4, 0.5) is 0 Å². The summed E-state index contributed by atoms with van der Waals surface area (Å²) < 4.78 is 12.0. The Morgan fingerprint density at radius 2 is 1.76 bits per heavy atom. The van der Waals surface area contributed by atoms with Crippen molar-refractivity contribution in [2.24, 2.45) is 5.10 Å². The van der Waals surface area contributed by atoms with E-state index in [0.717, 1.165) is 29.2 Å². The summed E-state index contributed by atoms with van der Waals surface area (Å²) in [5.41, 5.74) is 5.80. The molecule has 2 aliphatic heterocycles. The van der Waals surface area contributed by atoms with Crippen molar-refractivity contribution in [2.45, 2.75) is 32.5 Å². The van der Waals surface area contributed by atoms with Crippen molar-refractivity contribution < 1.29 is 9.47 Å². The van der Waals surface area contributed by atoms with Crippen LogP contribution in [0.25, 0.3) is 0 Å². The lowest BCUT2D eigenvalue weighted by Gasteiger charge is -2.38. The number of para-hydroxylation sites is 1. The van der Waals surface area contributed by atoms with Gasteiger partial charge >= 0.3 is 0 Å². The zero-order valence-corrected chi connectivity index (χ0v) is 16.7. The van der Waals surface area contributed by atoms with Gasteiger partial charge in [-0.3, -0.25) is 0 Å². The summed E-state index contributed by atoms with van der Waals surface area (Å²) in [6.45, 7) is 4.76. The van der Waals surface area contributed by atoms with E-state index in [1.54, 1.807) is 0 Å². The Bertz CT molecular complexity index is 1040. The van der Waals surface area contributed by atoms with Crippen LogP contribution < -0.4 is 9.47 Å². The number of benzene rings is 3. The van der Waals surface area contributed by atoms with Gasteiger partial charge in [-0.2, -0.15) is 5.10 Å². The van der Waals surface area contributed by atoms with Crippen LogP contribution in [0.5, 0.6) is 11.5 Å². The molecular formula is C25H24N2O2. The van der Waals surface area contributed by atoms with Crippen LogP contribution in [0.15, 0.2) is 77.9 Å². The first-order valence-electron chi connectivity index (χ1n) is 10.1. The third-order valence-electron chi connectivity index (χ3n) is 5.56. The van der Waals surface area contributed by atoms with E-state index in [2.05, 4.69) is 66.5 Å². The van der Waals surface area contributed by atoms with E-state index >= 15 is 0 Å². The van der Waals surface area contributed by atoms with E-state index in [0.29, 0.717) is 6.61 Å². The van der Waals surface area contributed by atoms with Crippen molar-refractivity contribution in [1.82, 2.24) is 5.01 Å². The highest BCUT2D eigenvalue weighted by atomic mass is 16.5. The number of rotatable bonds is 4. The van der Waals surface area contributed by atoms with Crippen molar-refractivity contribution in [3.8, 4) is 11.5 Å². The average Bonchev–Trinajstić information content (AvgIpc) is 3.20. The van der Waals surface area contributed by atoms with Gasteiger partial charge in [0, 0.05) is 17.5 Å². The van der Waals surface area contributed by atoms with Crippen molar-refractivity contribution in [3.05, 3.63) is 95.1 Å². The van der Waals surface area contributed by atoms with Crippen LogP contribution in [-0.4, -0.2) is 17.3 Å². The Morgan fingerprint density at radius 3 is 2.52 bits per heavy atom. The highest BCUT2D eigenvalue weighted by molar-refractivity contribution is 6.02. The number of fused-ring (bicyclic) bond motifs is 3. The van der Waals surface area contributed by atoms with Gasteiger partial charge in [-0.1, -0.05) is 48.0 Å². The second-order valence-electron chi connectivity index (χ2n) is 7.52. The normalized spacial score (nSPS) is 19.8. The number of hydrogen-bond acceptors (Lipinski definition) is 4. The molecule has 2 heterocycles. The largest absolute Gasteiger partial charge is 0.494 e. The molecule has 0 unspecified atom stereocenters. The lowest BCUT2D eigenvalue weighted by molar-refractivity contribution is -0.0190. The molecule has 0 spiro atoms. The first-order chi connectivity index (χ1) is 14.2. The van der Waals surface area contributed by atoms with E-state index in [1.807, 2.05) is 25.1 Å². The molecule has 29 heavy (non-hydrogen) atoms. The summed E-state index contributed by atoms with van der Waals surface area (Å²) in [5, 5.41) is 7.14. The third kappa shape index (κ3) is 3.25. The highest BCUT2D eigenvalue weighted by Gasteiger charge is 2.40. The van der Waals surface area contributed by atoms with Crippen molar-refractivity contribution in [3.63, 3.8) is 0 Å². The third-order valence-corrected chi connectivity index (χ3v) is 5.56. The molecule has 0 bridgehead atoms. The quantitative estimate of drug-likeness (QED) is 0.584. The Balaban J connectivity index is 1.53. The second-order valence-corrected chi connectivity index (χ2v) is 7.52. The molecule has 3 aromatic rings. The van der Waals surface area contributed by atoms with E-state index in [9.17, 15) is 0 Å². The summed E-state index contributed by atoms with van der Waals surface area (Å²) in [4.78, 5) is 0. The van der Waals surface area contributed by atoms with E-state index < -0.39 is 0 Å². The summed E-state index contributed by atoms with van der Waals surface area (Å²) in [6.07, 6.45) is 0.616. The zero-order chi connectivity index (χ0) is 19.8. The number of ether oxygens (including phenoxy) is 2. The molecule has 2 atom stereocenters. The van der Waals surface area contributed by atoms with Gasteiger partial charge in [0.1, 0.15) is 11.5 Å². The molecule has 0 radical (unpaired) electrons. The van der Waals surface area contributed by atoms with Crippen LogP contribution in [0.3, 0.4) is 0 Å². The first kappa shape index (κ1) is 17.8. The molecule has 0 aliphatic carbocycles. The van der Waals surface area contributed by atoms with Gasteiger partial charge in [0.2, 0.25) is 6.23 Å². The summed E-state index contributed by atoms with van der Waals surface area (Å²) in [6, 6.07) is 25.2. The van der Waals surface area contributed by atoms with Gasteiger partial charge in [-0.05, 0) is 49.7 Å². The summed E-state index contributed by atoms with van der Waals surface area (Å²) in [7, 11) is 0. The van der Waals surface area contributed by atoms with Crippen LogP contribution >= 0.6 is 0 Å². The lowest BCUT2D eigenvalue weighted by atomic mass is 9.95. The molecule has 4 heteroatoms. The van der Waals surface area contributed by atoms with Crippen molar-refractivity contribution >= 4 is 5.71 Å². The molecule has 5 rings (SSSR count). The fraction of sp³-hybridized carbons (Fsp3) is 0.240. The second kappa shape index (κ2) is 7.28. The standard InChI is InChI=1S/C25H24N2O2/c1-3-28-20-14-12-19(13-15-20)25-27-23(21-6-4-5-7-24(21)29-25)16-22(26-27)18-10-8-17(2)9-11-18/h4-15,23,25H,3,16H2,1-2H3/t23-,25-/m0/s1. The number of hydrogen-bond donors (Lipinski definition) is 0. The Hall–Kier alpha value is -3.27. The number of hydrazone groups is 1. The van der Waals surface area contributed by atoms with Crippen LogP contribution in [0.2, 0.25) is 0 Å². The molecule has 146 valence electrons. The smallest absolute Gasteiger partial charge is 0.213 e. The minimum Gasteiger partial charge on any atom is -0.494 e. The maximum Gasteiger partial charge on any atom is 0.213 e. The van der Waals surface area contributed by atoms with Crippen molar-refractivity contribution in [2.75, 3.05) is 6.61 Å². The summed E-state index contributed by atoms with van der Waals surface area (Å²) in [5.74, 6) is 1.81. The molecule has 2 aliphatic rings. The maximum absolute atomic E-state index is 6.41. The Kier molecular flexibility index (Phi) is 4.47. The topological polar surface area (TPSA) is 34.1 Å². The Labute approximate surface area is 171 Å². The SMILES string of the molecule is CCOc1ccc([C@@H]2Oc3ccccc3[C@@H]3CC(c4ccc(C)cc4)=NN32)cc1. The predicted molar refractivity (Wildman–Crippen MR) is 114 cm³/mol. The fourth-order valence-electron chi connectivity index (χ4n) is 4.07. The minimum atomic E-state index is -0.256. The predicted octanol–water partition coefficient (Wildman–Crippen LogP) is 5.64. The minimum absolute atomic E-state index is 0.174. The molecule has 0 saturated carbocycles. The van der Waals surface area contributed by atoms with Crippen LogP contribution in [-0.2, 0) is 0 Å². The molecule has 3 aromatic carbocycles. The zero-order valence-electron chi connectivity index (χ0n) is 16.7. The van der Waals surface area contributed by atoms with E-state index in [-0.39, 0.29) is 12.3 Å². The molecule has 0 fully saturated rings. The number of nitrogens with zero attached hydrogens (tertiary/aromatic N) is 2. The monoisotopic (exact) mass is 384 g/mol. The highest BCUT2D eigenvalue weighted by Crippen LogP contribution is 2.47. The van der Waals surface area contributed by atoms with Gasteiger partial charge < -0.3 is 9.47 Å². The van der Waals surface area contributed by atoms with Crippen LogP contribution in [0, 0.1) is 6.92 Å². The van der Waals surface area contributed by atoms with Gasteiger partial charge in [0.05, 0.1) is 18.4 Å². The average molecular weight is 384 g/mol.